The molecular weight excluding hydrogens is 144 g/mol. The highest BCUT2D eigenvalue weighted by molar-refractivity contribution is 5.00. The van der Waals surface area contributed by atoms with Gasteiger partial charge < -0.3 is 0 Å². The fourth-order valence-electron chi connectivity index (χ4n) is 1.01. The molecule has 0 spiro atoms. The summed E-state index contributed by atoms with van der Waals surface area (Å²) in [4.78, 5) is 0. The van der Waals surface area contributed by atoms with Gasteiger partial charge in [-0.15, -0.1) is 6.58 Å². The Morgan fingerprint density at radius 1 is 1.00 bits per heavy atom. The fourth-order valence-corrected chi connectivity index (χ4v) is 1.01. The zero-order valence-corrected chi connectivity index (χ0v) is 8.13. The molecule has 0 aromatic heterocycles. The molecule has 0 aromatic carbocycles. The molecule has 0 atom stereocenters. The first-order valence-corrected chi connectivity index (χ1v) is 4.80. The molecule has 0 heterocycles. The second-order valence-electron chi connectivity index (χ2n) is 2.88. The van der Waals surface area contributed by atoms with E-state index in [1.165, 1.54) is 32.1 Å². The summed E-state index contributed by atoms with van der Waals surface area (Å²) in [7, 11) is 0. The molecule has 0 unspecified atom stereocenters. The van der Waals surface area contributed by atoms with Crippen molar-refractivity contribution in [1.82, 2.24) is 0 Å². The average molecular weight is 164 g/mol. The molecule has 0 aromatic rings. The minimum absolute atomic E-state index is 1.17. The second kappa shape index (κ2) is 10.2. The second-order valence-corrected chi connectivity index (χ2v) is 2.88. The Bertz CT molecular complexity index is 140. The first-order valence-electron chi connectivity index (χ1n) is 4.80. The summed E-state index contributed by atoms with van der Waals surface area (Å²) < 4.78 is 0. The lowest BCUT2D eigenvalue weighted by Gasteiger charge is -1.93. The predicted octanol–water partition coefficient (Wildman–Crippen LogP) is 4.26. The van der Waals surface area contributed by atoms with E-state index in [1.54, 1.807) is 0 Å². The molecule has 12 heavy (non-hydrogen) atoms. The van der Waals surface area contributed by atoms with Crippen LogP contribution < -0.4 is 0 Å². The smallest absolute Gasteiger partial charge is 0.0348 e. The number of hydrogen-bond acceptors (Lipinski definition) is 0. The normalized spacial score (nSPS) is 11.4. The van der Waals surface area contributed by atoms with Gasteiger partial charge in [-0.3, -0.25) is 0 Å². The summed E-state index contributed by atoms with van der Waals surface area (Å²) in [6, 6.07) is 0. The van der Waals surface area contributed by atoms with Gasteiger partial charge in [-0.25, -0.2) is 0 Å². The highest BCUT2D eigenvalue weighted by Crippen LogP contribution is 2.03. The van der Waals surface area contributed by atoms with Gasteiger partial charge >= 0.3 is 0 Å². The van der Waals surface area contributed by atoms with Crippen molar-refractivity contribution in [3.8, 4) is 0 Å². The van der Waals surface area contributed by atoms with Crippen LogP contribution in [0.4, 0.5) is 0 Å². The van der Waals surface area contributed by atoms with Crippen LogP contribution in [-0.4, -0.2) is 0 Å². The van der Waals surface area contributed by atoms with Crippen molar-refractivity contribution in [3.05, 3.63) is 37.0 Å². The zero-order valence-electron chi connectivity index (χ0n) is 8.13. The van der Waals surface area contributed by atoms with Gasteiger partial charge in [-0.05, 0) is 32.6 Å². The monoisotopic (exact) mass is 164 g/mol. The largest absolute Gasteiger partial charge is 0.103 e. The van der Waals surface area contributed by atoms with E-state index in [0.29, 0.717) is 0 Å². The van der Waals surface area contributed by atoms with Crippen molar-refractivity contribution >= 4 is 0 Å². The van der Waals surface area contributed by atoms with E-state index in [2.05, 4.69) is 24.8 Å². The van der Waals surface area contributed by atoms with Crippen LogP contribution in [0.25, 0.3) is 0 Å². The maximum atomic E-state index is 3.70. The van der Waals surface area contributed by atoms with E-state index in [0.717, 1.165) is 0 Å². The molecule has 68 valence electrons. The molecule has 0 aliphatic rings. The van der Waals surface area contributed by atoms with Crippen LogP contribution in [0.3, 0.4) is 0 Å². The van der Waals surface area contributed by atoms with Gasteiger partial charge in [-0.2, -0.15) is 0 Å². The minimum atomic E-state index is 1.17. The lowest BCUT2D eigenvalue weighted by molar-refractivity contribution is 0.696. The van der Waals surface area contributed by atoms with Crippen molar-refractivity contribution in [2.24, 2.45) is 0 Å². The molecule has 0 nitrogen and oxygen atoms in total. The first-order chi connectivity index (χ1) is 5.91. The zero-order chi connectivity index (χ0) is 9.07. The number of hydrogen-bond donors (Lipinski definition) is 0. The van der Waals surface area contributed by atoms with Gasteiger partial charge in [0.1, 0.15) is 0 Å². The average Bonchev–Trinajstić information content (AvgIpc) is 2.10. The number of rotatable bonds is 7. The van der Waals surface area contributed by atoms with Crippen LogP contribution in [0.1, 0.15) is 39.0 Å². The summed E-state index contributed by atoms with van der Waals surface area (Å²) in [5, 5.41) is 0. The van der Waals surface area contributed by atoms with Gasteiger partial charge in [-0.1, -0.05) is 36.8 Å². The van der Waals surface area contributed by atoms with Gasteiger partial charge in [0, 0.05) is 0 Å². The van der Waals surface area contributed by atoms with Crippen molar-refractivity contribution in [1.29, 1.82) is 0 Å². The van der Waals surface area contributed by atoms with E-state index in [-0.39, 0.29) is 0 Å². The standard InChI is InChI=1S/C12H20/c1-3-5-7-9-11-12-10-8-6-4-2/h3-4,6,8,10H,1,5,7,9,11-12H2,2H3. The van der Waals surface area contributed by atoms with Gasteiger partial charge in [0.05, 0.1) is 0 Å². The van der Waals surface area contributed by atoms with Crippen LogP contribution >= 0.6 is 0 Å². The Hall–Kier alpha value is -0.780. The lowest BCUT2D eigenvalue weighted by Crippen LogP contribution is -1.73. The summed E-state index contributed by atoms with van der Waals surface area (Å²) in [6.45, 7) is 5.73. The van der Waals surface area contributed by atoms with Crippen molar-refractivity contribution in [3.63, 3.8) is 0 Å². The summed E-state index contributed by atoms with van der Waals surface area (Å²) in [6.07, 6.45) is 16.8. The number of allylic oxidation sites excluding steroid dienone is 5. The molecule has 0 N–H and O–H groups in total. The molecule has 0 heteroatoms. The third-order valence-corrected chi connectivity index (χ3v) is 1.72. The first kappa shape index (κ1) is 11.2. The Morgan fingerprint density at radius 3 is 2.42 bits per heavy atom. The summed E-state index contributed by atoms with van der Waals surface area (Å²) in [5.41, 5.74) is 0. The van der Waals surface area contributed by atoms with Crippen LogP contribution in [0, 0.1) is 0 Å². The summed E-state index contributed by atoms with van der Waals surface area (Å²) >= 11 is 0. The molecule has 0 saturated carbocycles. The maximum Gasteiger partial charge on any atom is -0.0348 e. The van der Waals surface area contributed by atoms with Crippen LogP contribution in [0.5, 0.6) is 0 Å². The molecule has 0 aliphatic heterocycles. The van der Waals surface area contributed by atoms with E-state index in [1.807, 2.05) is 19.1 Å². The molecule has 0 aliphatic carbocycles. The Morgan fingerprint density at radius 2 is 1.75 bits per heavy atom. The van der Waals surface area contributed by atoms with Crippen LogP contribution in [-0.2, 0) is 0 Å². The van der Waals surface area contributed by atoms with Crippen molar-refractivity contribution in [2.75, 3.05) is 0 Å². The predicted molar refractivity (Wildman–Crippen MR) is 57.2 cm³/mol. The van der Waals surface area contributed by atoms with Gasteiger partial charge in [0.15, 0.2) is 0 Å². The highest BCUT2D eigenvalue weighted by Gasteiger charge is 1.83. The quantitative estimate of drug-likeness (QED) is 0.300. The van der Waals surface area contributed by atoms with Gasteiger partial charge in [0.2, 0.25) is 0 Å². The third-order valence-electron chi connectivity index (χ3n) is 1.72. The lowest BCUT2D eigenvalue weighted by atomic mass is 10.1. The maximum absolute atomic E-state index is 3.70. The molecular formula is C12H20. The topological polar surface area (TPSA) is 0 Å². The van der Waals surface area contributed by atoms with Crippen molar-refractivity contribution < 1.29 is 0 Å². The fraction of sp³-hybridized carbons (Fsp3) is 0.500. The molecule has 0 saturated heterocycles. The molecule has 0 fully saturated rings. The Labute approximate surface area is 76.7 Å². The van der Waals surface area contributed by atoms with Crippen LogP contribution in [0.15, 0.2) is 37.0 Å². The Balaban J connectivity index is 3.04. The summed E-state index contributed by atoms with van der Waals surface area (Å²) in [5.74, 6) is 0. The molecule has 0 amide bonds. The number of unbranched alkanes of at least 4 members (excludes halogenated alkanes) is 4. The van der Waals surface area contributed by atoms with Crippen molar-refractivity contribution in [2.45, 2.75) is 39.0 Å². The molecule has 0 rings (SSSR count). The Kier molecular flexibility index (Phi) is 9.56. The van der Waals surface area contributed by atoms with E-state index < -0.39 is 0 Å². The SMILES string of the molecule is C=CCCCCCC=CC=CC. The van der Waals surface area contributed by atoms with Gasteiger partial charge in [0.25, 0.3) is 0 Å². The highest BCUT2D eigenvalue weighted by atomic mass is 13.9. The minimum Gasteiger partial charge on any atom is -0.103 e. The van der Waals surface area contributed by atoms with Crippen LogP contribution in [0.2, 0.25) is 0 Å². The van der Waals surface area contributed by atoms with E-state index in [4.69, 9.17) is 0 Å². The molecule has 0 bridgehead atoms. The van der Waals surface area contributed by atoms with E-state index in [9.17, 15) is 0 Å². The van der Waals surface area contributed by atoms with E-state index >= 15 is 0 Å². The third kappa shape index (κ3) is 9.22. The molecule has 0 radical (unpaired) electrons.